The Kier molecular flexibility index (Phi) is 3.53. The van der Waals surface area contributed by atoms with Crippen LogP contribution in [0, 0.1) is 23.7 Å². The van der Waals surface area contributed by atoms with Gasteiger partial charge in [-0.1, -0.05) is 25.3 Å². The van der Waals surface area contributed by atoms with Gasteiger partial charge in [-0.3, -0.25) is 4.79 Å². The number of carbonyl (C=O) groups excluding carboxylic acids is 1. The summed E-state index contributed by atoms with van der Waals surface area (Å²) in [6.07, 6.45) is 4.70. The lowest BCUT2D eigenvalue weighted by Gasteiger charge is -2.09. The Hall–Kier alpha value is -1.75. The molecule has 2 unspecified atom stereocenters. The number of hydrogen-bond donors (Lipinski definition) is 1. The van der Waals surface area contributed by atoms with Crippen molar-refractivity contribution in [2.45, 2.75) is 45.4 Å². The van der Waals surface area contributed by atoms with Gasteiger partial charge in [-0.15, -0.1) is 5.92 Å². The molecular formula is C18H21NO. The molecule has 0 bridgehead atoms. The van der Waals surface area contributed by atoms with Crippen molar-refractivity contribution in [3.05, 3.63) is 29.3 Å². The van der Waals surface area contributed by atoms with E-state index in [0.717, 1.165) is 24.1 Å². The largest absolute Gasteiger partial charge is 0.325 e. The van der Waals surface area contributed by atoms with Crippen molar-refractivity contribution in [3.8, 4) is 11.8 Å². The van der Waals surface area contributed by atoms with Crippen LogP contribution in [0.2, 0.25) is 0 Å². The van der Waals surface area contributed by atoms with Crippen molar-refractivity contribution in [2.24, 2.45) is 11.8 Å². The zero-order valence-electron chi connectivity index (χ0n) is 12.2. The molecule has 0 aromatic heterocycles. The molecule has 2 heteroatoms. The van der Waals surface area contributed by atoms with Gasteiger partial charge < -0.3 is 5.32 Å². The molecule has 0 radical (unpaired) electrons. The van der Waals surface area contributed by atoms with Crippen molar-refractivity contribution in [1.82, 2.24) is 0 Å². The van der Waals surface area contributed by atoms with E-state index >= 15 is 0 Å². The fourth-order valence-corrected chi connectivity index (χ4v) is 2.82. The molecule has 3 rings (SSSR count). The summed E-state index contributed by atoms with van der Waals surface area (Å²) in [6, 6.07) is 6.31. The summed E-state index contributed by atoms with van der Waals surface area (Å²) < 4.78 is 0. The van der Waals surface area contributed by atoms with Crippen LogP contribution >= 0.6 is 0 Å². The van der Waals surface area contributed by atoms with Gasteiger partial charge in [0.05, 0.1) is 5.69 Å². The molecule has 0 saturated heterocycles. The van der Waals surface area contributed by atoms with Crippen molar-refractivity contribution >= 4 is 11.6 Å². The van der Waals surface area contributed by atoms with E-state index in [2.05, 4.69) is 36.2 Å². The van der Waals surface area contributed by atoms with Gasteiger partial charge in [-0.25, -0.2) is 0 Å². The van der Waals surface area contributed by atoms with E-state index in [4.69, 9.17) is 0 Å². The van der Waals surface area contributed by atoms with E-state index in [1.54, 1.807) is 0 Å². The summed E-state index contributed by atoms with van der Waals surface area (Å²) in [5.74, 6) is 7.75. The van der Waals surface area contributed by atoms with Crippen molar-refractivity contribution in [1.29, 1.82) is 0 Å². The molecule has 0 heterocycles. The lowest BCUT2D eigenvalue weighted by Crippen LogP contribution is -2.15. The Morgan fingerprint density at radius 3 is 2.80 bits per heavy atom. The minimum absolute atomic E-state index is 0.162. The van der Waals surface area contributed by atoms with Gasteiger partial charge in [-0.2, -0.15) is 0 Å². The molecule has 1 aromatic carbocycles. The minimum atomic E-state index is 0.162. The van der Waals surface area contributed by atoms with E-state index in [1.165, 1.54) is 18.4 Å². The predicted molar refractivity (Wildman–Crippen MR) is 81.5 cm³/mol. The first-order chi connectivity index (χ1) is 9.72. The van der Waals surface area contributed by atoms with Crippen LogP contribution in [0.15, 0.2) is 18.2 Å². The first-order valence-corrected chi connectivity index (χ1v) is 7.60. The second-order valence-corrected chi connectivity index (χ2v) is 5.95. The second kappa shape index (κ2) is 5.32. The average Bonchev–Trinajstić information content (AvgIpc) is 3.33. The van der Waals surface area contributed by atoms with Gasteiger partial charge in [0.15, 0.2) is 0 Å². The number of amides is 1. The van der Waals surface area contributed by atoms with Crippen LogP contribution in [0.5, 0.6) is 0 Å². The number of anilines is 1. The fraction of sp³-hybridized carbons (Fsp3) is 0.500. The number of rotatable bonds is 4. The van der Waals surface area contributed by atoms with E-state index in [1.807, 2.05) is 13.0 Å². The van der Waals surface area contributed by atoms with E-state index < -0.39 is 0 Å². The highest BCUT2D eigenvalue weighted by Crippen LogP contribution is 2.43. The van der Waals surface area contributed by atoms with Crippen LogP contribution in [0.4, 0.5) is 5.69 Å². The monoisotopic (exact) mass is 267 g/mol. The molecule has 1 aromatic rings. The Morgan fingerprint density at radius 2 is 2.20 bits per heavy atom. The van der Waals surface area contributed by atoms with Crippen LogP contribution in [0.1, 0.15) is 56.6 Å². The lowest BCUT2D eigenvalue weighted by atomic mass is 10.0. The molecule has 2 atom stereocenters. The quantitative estimate of drug-likeness (QED) is 0.823. The third kappa shape index (κ3) is 2.72. The number of hydrogen-bond acceptors (Lipinski definition) is 1. The molecule has 104 valence electrons. The highest BCUT2D eigenvalue weighted by molar-refractivity contribution is 5.95. The van der Waals surface area contributed by atoms with E-state index in [0.29, 0.717) is 11.8 Å². The molecule has 2 nitrogen and oxygen atoms in total. The van der Waals surface area contributed by atoms with Gasteiger partial charge in [0.2, 0.25) is 5.91 Å². The Balaban J connectivity index is 1.77. The molecule has 2 aliphatic rings. The normalized spacial score (nSPS) is 23.7. The number of nitrogens with one attached hydrogen (secondary N) is 1. The first-order valence-electron chi connectivity index (χ1n) is 7.60. The van der Waals surface area contributed by atoms with Crippen molar-refractivity contribution in [2.75, 3.05) is 5.32 Å². The second-order valence-electron chi connectivity index (χ2n) is 5.95. The molecule has 0 aliphatic heterocycles. The molecule has 2 saturated carbocycles. The summed E-state index contributed by atoms with van der Waals surface area (Å²) >= 11 is 0. The van der Waals surface area contributed by atoms with Crippen LogP contribution < -0.4 is 5.32 Å². The highest BCUT2D eigenvalue weighted by Gasteiger charge is 2.41. The molecular weight excluding hydrogens is 246 g/mol. The summed E-state index contributed by atoms with van der Waals surface area (Å²) in [6.45, 7) is 3.99. The Bertz CT molecular complexity index is 589. The maximum Gasteiger partial charge on any atom is 0.227 e. The SMILES string of the molecule is CC#Cc1cc(C2CC2)ccc1NC(=O)C1CC1CC. The summed E-state index contributed by atoms with van der Waals surface area (Å²) in [4.78, 5) is 12.2. The number of carbonyl (C=O) groups is 1. The van der Waals surface area contributed by atoms with Crippen LogP contribution in [-0.4, -0.2) is 5.91 Å². The topological polar surface area (TPSA) is 29.1 Å². The third-order valence-corrected chi connectivity index (χ3v) is 4.39. The molecule has 1 amide bonds. The molecule has 1 N–H and O–H groups in total. The zero-order chi connectivity index (χ0) is 14.1. The minimum Gasteiger partial charge on any atom is -0.325 e. The fourth-order valence-electron chi connectivity index (χ4n) is 2.82. The standard InChI is InChI=1S/C18H21NO/c1-3-5-15-10-14(13-6-7-13)8-9-17(15)19-18(20)16-11-12(16)4-2/h8-10,12-13,16H,4,6-7,11H2,1-2H3,(H,19,20). The summed E-state index contributed by atoms with van der Waals surface area (Å²) in [7, 11) is 0. The smallest absolute Gasteiger partial charge is 0.227 e. The van der Waals surface area contributed by atoms with E-state index in [-0.39, 0.29) is 11.8 Å². The van der Waals surface area contributed by atoms with Gasteiger partial charge in [0, 0.05) is 11.5 Å². The summed E-state index contributed by atoms with van der Waals surface area (Å²) in [5.41, 5.74) is 3.19. The van der Waals surface area contributed by atoms with Crippen molar-refractivity contribution < 1.29 is 4.79 Å². The number of benzene rings is 1. The zero-order valence-corrected chi connectivity index (χ0v) is 12.2. The first kappa shape index (κ1) is 13.2. The lowest BCUT2D eigenvalue weighted by molar-refractivity contribution is -0.117. The van der Waals surface area contributed by atoms with Gasteiger partial charge >= 0.3 is 0 Å². The average molecular weight is 267 g/mol. The maximum absolute atomic E-state index is 12.2. The molecule has 20 heavy (non-hydrogen) atoms. The van der Waals surface area contributed by atoms with Crippen LogP contribution in [0.3, 0.4) is 0 Å². The predicted octanol–water partition coefficient (Wildman–Crippen LogP) is 3.92. The highest BCUT2D eigenvalue weighted by atomic mass is 16.2. The Morgan fingerprint density at radius 1 is 1.40 bits per heavy atom. The molecule has 0 spiro atoms. The Labute approximate surface area is 121 Å². The van der Waals surface area contributed by atoms with Gasteiger partial charge in [0.25, 0.3) is 0 Å². The van der Waals surface area contributed by atoms with E-state index in [9.17, 15) is 4.79 Å². The summed E-state index contributed by atoms with van der Waals surface area (Å²) in [5, 5.41) is 3.07. The van der Waals surface area contributed by atoms with Crippen LogP contribution in [-0.2, 0) is 4.79 Å². The molecule has 2 fully saturated rings. The molecule has 2 aliphatic carbocycles. The maximum atomic E-state index is 12.2. The third-order valence-electron chi connectivity index (χ3n) is 4.39. The van der Waals surface area contributed by atoms with Crippen LogP contribution in [0.25, 0.3) is 0 Å². The van der Waals surface area contributed by atoms with Gasteiger partial charge in [-0.05, 0) is 55.7 Å². The van der Waals surface area contributed by atoms with Gasteiger partial charge in [0.1, 0.15) is 0 Å². The van der Waals surface area contributed by atoms with Crippen molar-refractivity contribution in [3.63, 3.8) is 0 Å².